The van der Waals surface area contributed by atoms with Crippen molar-refractivity contribution in [3.05, 3.63) is 29.8 Å². The van der Waals surface area contributed by atoms with Crippen molar-refractivity contribution < 1.29 is 14.6 Å². The molecule has 4 nitrogen and oxygen atoms in total. The average Bonchev–Trinajstić information content (AvgIpc) is 2.40. The van der Waals surface area contributed by atoms with E-state index in [1.165, 1.54) is 0 Å². The number of hydrogen-bond donors (Lipinski definition) is 2. The summed E-state index contributed by atoms with van der Waals surface area (Å²) >= 11 is 0. The molecule has 1 saturated heterocycles. The van der Waals surface area contributed by atoms with Crippen molar-refractivity contribution in [1.29, 1.82) is 0 Å². The highest BCUT2D eigenvalue weighted by Crippen LogP contribution is 2.21. The third kappa shape index (κ3) is 3.43. The summed E-state index contributed by atoms with van der Waals surface area (Å²) in [5.41, 5.74) is 0.915. The number of methoxy groups -OCH3 is 1. The van der Waals surface area contributed by atoms with Gasteiger partial charge in [0.2, 0.25) is 0 Å². The molecule has 1 aromatic carbocycles. The molecule has 4 heteroatoms. The molecule has 17 heavy (non-hydrogen) atoms. The molecule has 1 aliphatic rings. The van der Waals surface area contributed by atoms with E-state index in [-0.39, 0.29) is 6.04 Å². The van der Waals surface area contributed by atoms with Gasteiger partial charge < -0.3 is 19.9 Å². The maximum atomic E-state index is 10.1. The van der Waals surface area contributed by atoms with Gasteiger partial charge in [0.05, 0.1) is 26.4 Å². The van der Waals surface area contributed by atoms with Crippen LogP contribution in [0.5, 0.6) is 5.75 Å². The van der Waals surface area contributed by atoms with Gasteiger partial charge in [-0.3, -0.25) is 0 Å². The molecule has 1 heterocycles. The summed E-state index contributed by atoms with van der Waals surface area (Å²) in [6.07, 6.45) is 0.215. The van der Waals surface area contributed by atoms with Gasteiger partial charge >= 0.3 is 0 Å². The molecule has 0 amide bonds. The Bertz CT molecular complexity index is 333. The average molecular weight is 237 g/mol. The second-order valence-corrected chi connectivity index (χ2v) is 4.25. The highest BCUT2D eigenvalue weighted by Gasteiger charge is 2.18. The number of rotatable bonds is 4. The van der Waals surface area contributed by atoms with Crippen LogP contribution in [0, 0.1) is 0 Å². The molecule has 2 atom stereocenters. The Morgan fingerprint density at radius 3 is 2.82 bits per heavy atom. The van der Waals surface area contributed by atoms with E-state index in [1.807, 2.05) is 24.3 Å². The number of aliphatic hydroxyl groups excluding tert-OH is 1. The number of ether oxygens (including phenoxy) is 2. The summed E-state index contributed by atoms with van der Waals surface area (Å²) in [6, 6.07) is 7.76. The lowest BCUT2D eigenvalue weighted by atomic mass is 10.0. The van der Waals surface area contributed by atoms with Crippen molar-refractivity contribution >= 4 is 0 Å². The first kappa shape index (κ1) is 12.4. The monoisotopic (exact) mass is 237 g/mol. The van der Waals surface area contributed by atoms with Crippen LogP contribution < -0.4 is 10.1 Å². The smallest absolute Gasteiger partial charge is 0.118 e. The number of benzene rings is 1. The molecule has 2 N–H and O–H groups in total. The molecule has 2 rings (SSSR count). The Balaban J connectivity index is 1.91. The topological polar surface area (TPSA) is 50.7 Å². The molecule has 1 aromatic rings. The summed E-state index contributed by atoms with van der Waals surface area (Å²) in [6.45, 7) is 2.29. The van der Waals surface area contributed by atoms with Crippen molar-refractivity contribution in [1.82, 2.24) is 5.32 Å². The van der Waals surface area contributed by atoms with E-state index in [9.17, 15) is 5.11 Å². The van der Waals surface area contributed by atoms with E-state index in [2.05, 4.69) is 5.32 Å². The summed E-state index contributed by atoms with van der Waals surface area (Å²) in [7, 11) is 1.63. The molecular weight excluding hydrogens is 218 g/mol. The third-order valence-corrected chi connectivity index (χ3v) is 3.01. The lowest BCUT2D eigenvalue weighted by Gasteiger charge is -2.25. The largest absolute Gasteiger partial charge is 0.497 e. The fraction of sp³-hybridized carbons (Fsp3) is 0.538. The molecule has 0 bridgehead atoms. The van der Waals surface area contributed by atoms with Crippen LogP contribution in [0.3, 0.4) is 0 Å². The van der Waals surface area contributed by atoms with Crippen molar-refractivity contribution in [3.8, 4) is 5.75 Å². The summed E-state index contributed by atoms with van der Waals surface area (Å²) < 4.78 is 10.4. The highest BCUT2D eigenvalue weighted by molar-refractivity contribution is 5.28. The lowest BCUT2D eigenvalue weighted by molar-refractivity contribution is 0.0519. The van der Waals surface area contributed by atoms with Crippen LogP contribution in [0.2, 0.25) is 0 Å². The van der Waals surface area contributed by atoms with Crippen LogP contribution in [0.25, 0.3) is 0 Å². The molecule has 0 aromatic heterocycles. The van der Waals surface area contributed by atoms with Crippen LogP contribution in [0.15, 0.2) is 24.3 Å². The summed E-state index contributed by atoms with van der Waals surface area (Å²) in [5.74, 6) is 0.806. The van der Waals surface area contributed by atoms with E-state index in [0.29, 0.717) is 13.0 Å². The first-order valence-electron chi connectivity index (χ1n) is 5.92. The Hall–Kier alpha value is -1.10. The van der Waals surface area contributed by atoms with Gasteiger partial charge in [-0.15, -0.1) is 0 Å². The minimum absolute atomic E-state index is 0.237. The predicted octanol–water partition coefficient (Wildman–Crippen LogP) is 1.11. The van der Waals surface area contributed by atoms with Crippen LogP contribution >= 0.6 is 0 Å². The zero-order chi connectivity index (χ0) is 12.1. The van der Waals surface area contributed by atoms with Gasteiger partial charge in [-0.25, -0.2) is 0 Å². The molecule has 1 aliphatic heterocycles. The molecule has 0 saturated carbocycles. The van der Waals surface area contributed by atoms with Gasteiger partial charge in [0.1, 0.15) is 5.75 Å². The third-order valence-electron chi connectivity index (χ3n) is 3.01. The van der Waals surface area contributed by atoms with Gasteiger partial charge in [0.25, 0.3) is 0 Å². The van der Waals surface area contributed by atoms with Crippen LogP contribution in [0.4, 0.5) is 0 Å². The Morgan fingerprint density at radius 2 is 2.24 bits per heavy atom. The quantitative estimate of drug-likeness (QED) is 0.823. The molecule has 0 radical (unpaired) electrons. The zero-order valence-electron chi connectivity index (χ0n) is 10.1. The molecule has 0 spiro atoms. The predicted molar refractivity (Wildman–Crippen MR) is 65.2 cm³/mol. The Labute approximate surface area is 102 Å². The van der Waals surface area contributed by atoms with Crippen molar-refractivity contribution in [2.24, 2.45) is 0 Å². The van der Waals surface area contributed by atoms with E-state index in [1.54, 1.807) is 7.11 Å². The molecular formula is C13H19NO3. The molecule has 0 aliphatic carbocycles. The van der Waals surface area contributed by atoms with Crippen LogP contribution in [-0.4, -0.2) is 38.0 Å². The van der Waals surface area contributed by atoms with Crippen molar-refractivity contribution in [3.63, 3.8) is 0 Å². The van der Waals surface area contributed by atoms with Crippen molar-refractivity contribution in [2.75, 3.05) is 26.9 Å². The van der Waals surface area contributed by atoms with Crippen LogP contribution in [-0.2, 0) is 4.74 Å². The van der Waals surface area contributed by atoms with Crippen molar-refractivity contribution in [2.45, 2.75) is 18.6 Å². The number of nitrogens with one attached hydrogen (secondary N) is 1. The van der Waals surface area contributed by atoms with Crippen LogP contribution in [0.1, 0.15) is 18.1 Å². The normalized spacial score (nSPS) is 22.1. The van der Waals surface area contributed by atoms with Gasteiger partial charge in [-0.1, -0.05) is 12.1 Å². The highest BCUT2D eigenvalue weighted by atomic mass is 16.5. The van der Waals surface area contributed by atoms with Gasteiger partial charge in [0.15, 0.2) is 0 Å². The van der Waals surface area contributed by atoms with Gasteiger partial charge in [-0.2, -0.15) is 0 Å². The lowest BCUT2D eigenvalue weighted by Crippen LogP contribution is -2.42. The maximum absolute atomic E-state index is 10.1. The summed E-state index contributed by atoms with van der Waals surface area (Å²) in [4.78, 5) is 0. The summed E-state index contributed by atoms with van der Waals surface area (Å²) in [5, 5.41) is 13.4. The molecule has 1 fully saturated rings. The first-order chi connectivity index (χ1) is 8.29. The minimum Gasteiger partial charge on any atom is -0.497 e. The molecule has 94 valence electrons. The second kappa shape index (κ2) is 6.00. The van der Waals surface area contributed by atoms with E-state index >= 15 is 0 Å². The molecule has 2 unspecified atom stereocenters. The Morgan fingerprint density at radius 1 is 1.47 bits per heavy atom. The van der Waals surface area contributed by atoms with E-state index in [4.69, 9.17) is 9.47 Å². The fourth-order valence-corrected chi connectivity index (χ4v) is 2.00. The maximum Gasteiger partial charge on any atom is 0.118 e. The van der Waals surface area contributed by atoms with Gasteiger partial charge in [-0.05, 0) is 24.1 Å². The number of morpholine rings is 1. The number of hydrogen-bond acceptors (Lipinski definition) is 4. The fourth-order valence-electron chi connectivity index (χ4n) is 2.00. The second-order valence-electron chi connectivity index (χ2n) is 4.25. The zero-order valence-corrected chi connectivity index (χ0v) is 10.1. The SMILES string of the molecule is COc1ccc(C(O)CC2COCCN2)cc1. The van der Waals surface area contributed by atoms with E-state index in [0.717, 1.165) is 24.5 Å². The standard InChI is InChI=1S/C13H19NO3/c1-16-12-4-2-10(3-5-12)13(15)8-11-9-17-7-6-14-11/h2-5,11,13-15H,6-9H2,1H3. The first-order valence-corrected chi connectivity index (χ1v) is 5.92. The number of aliphatic hydroxyl groups is 1. The van der Waals surface area contributed by atoms with E-state index < -0.39 is 6.10 Å². The van der Waals surface area contributed by atoms with Gasteiger partial charge in [0, 0.05) is 12.6 Å². The minimum atomic E-state index is -0.458. The Kier molecular flexibility index (Phi) is 4.36.